The Balaban J connectivity index is 1.79. The van der Waals surface area contributed by atoms with Gasteiger partial charge in [0, 0.05) is 26.7 Å². The molecule has 1 aromatic heterocycles. The molecule has 0 unspecified atom stereocenters. The zero-order chi connectivity index (χ0) is 18.4. The highest BCUT2D eigenvalue weighted by Gasteiger charge is 2.57. The number of urea groups is 1. The van der Waals surface area contributed by atoms with E-state index in [2.05, 4.69) is 4.98 Å². The molecular formula is C17H24N4O3S. The van der Waals surface area contributed by atoms with Gasteiger partial charge in [0.2, 0.25) is 0 Å². The molecule has 2 aliphatic heterocycles. The fourth-order valence-electron chi connectivity index (χ4n) is 3.71. The number of likely N-dealkylation sites (tertiary alicyclic amines) is 1. The van der Waals surface area contributed by atoms with Gasteiger partial charge in [-0.1, -0.05) is 13.8 Å². The van der Waals surface area contributed by atoms with Crippen molar-refractivity contribution < 1.29 is 14.4 Å². The van der Waals surface area contributed by atoms with Gasteiger partial charge in [0.15, 0.2) is 0 Å². The summed E-state index contributed by atoms with van der Waals surface area (Å²) >= 11 is 1.34. The summed E-state index contributed by atoms with van der Waals surface area (Å²) in [6, 6.07) is -0.225. The normalized spacial score (nSPS) is 20.3. The number of aryl methyl sites for hydroxylation is 1. The number of hydrogen-bond acceptors (Lipinski definition) is 5. The van der Waals surface area contributed by atoms with Gasteiger partial charge in [-0.05, 0) is 25.7 Å². The van der Waals surface area contributed by atoms with Crippen molar-refractivity contribution in [2.45, 2.75) is 39.2 Å². The molecular weight excluding hydrogens is 340 g/mol. The molecule has 2 fully saturated rings. The third-order valence-corrected chi connectivity index (χ3v) is 6.02. The number of rotatable bonds is 3. The highest BCUT2D eigenvalue weighted by molar-refractivity contribution is 7.11. The minimum absolute atomic E-state index is 0.0320. The van der Waals surface area contributed by atoms with Crippen LogP contribution in [0.1, 0.15) is 42.1 Å². The van der Waals surface area contributed by atoms with Crippen LogP contribution in [0.3, 0.4) is 0 Å². The number of nitrogens with zero attached hydrogens (tertiary/aromatic N) is 4. The molecule has 1 spiro atoms. The summed E-state index contributed by atoms with van der Waals surface area (Å²) in [4.78, 5) is 47.5. The molecule has 0 radical (unpaired) electrons. The van der Waals surface area contributed by atoms with E-state index in [0.717, 1.165) is 5.69 Å². The molecule has 0 saturated carbocycles. The van der Waals surface area contributed by atoms with E-state index < -0.39 is 5.54 Å². The van der Waals surface area contributed by atoms with E-state index >= 15 is 0 Å². The second-order valence-corrected chi connectivity index (χ2v) is 8.10. The maximum absolute atomic E-state index is 12.8. The van der Waals surface area contributed by atoms with Crippen LogP contribution in [0.25, 0.3) is 0 Å². The Morgan fingerprint density at radius 3 is 2.48 bits per heavy atom. The quantitative estimate of drug-likeness (QED) is 0.769. The van der Waals surface area contributed by atoms with Crippen molar-refractivity contribution in [1.82, 2.24) is 19.7 Å². The number of hydrogen-bond donors (Lipinski definition) is 0. The van der Waals surface area contributed by atoms with Crippen molar-refractivity contribution >= 4 is 29.2 Å². The van der Waals surface area contributed by atoms with Gasteiger partial charge in [-0.2, -0.15) is 0 Å². The van der Waals surface area contributed by atoms with Crippen molar-refractivity contribution in [3.63, 3.8) is 0 Å². The van der Waals surface area contributed by atoms with Crippen LogP contribution in [0.5, 0.6) is 0 Å². The molecule has 136 valence electrons. The van der Waals surface area contributed by atoms with Gasteiger partial charge in [0.05, 0.1) is 11.2 Å². The Morgan fingerprint density at radius 2 is 1.96 bits per heavy atom. The van der Waals surface area contributed by atoms with E-state index in [1.54, 1.807) is 22.4 Å². The predicted molar refractivity (Wildman–Crippen MR) is 94.4 cm³/mol. The number of amides is 4. The molecule has 3 rings (SSSR count). The zero-order valence-electron chi connectivity index (χ0n) is 15.1. The minimum atomic E-state index is -0.796. The molecule has 4 amide bonds. The van der Waals surface area contributed by atoms with E-state index in [4.69, 9.17) is 0 Å². The molecule has 8 heteroatoms. The number of piperidine rings is 1. The molecule has 3 heterocycles. The number of aromatic nitrogens is 1. The number of likely N-dealkylation sites (N-methyl/N-ethyl adjacent to an activating group) is 1. The maximum atomic E-state index is 12.8. The third-order valence-electron chi connectivity index (χ3n) is 5.10. The Morgan fingerprint density at radius 1 is 1.32 bits per heavy atom. The highest BCUT2D eigenvalue weighted by atomic mass is 32.1. The van der Waals surface area contributed by atoms with Crippen LogP contribution < -0.4 is 0 Å². The number of carbonyl (C=O) groups excluding carboxylic acids is 3. The van der Waals surface area contributed by atoms with Crippen LogP contribution in [0.2, 0.25) is 0 Å². The zero-order valence-corrected chi connectivity index (χ0v) is 15.9. The van der Waals surface area contributed by atoms with Gasteiger partial charge in [0.1, 0.15) is 10.4 Å². The number of imide groups is 1. The number of thiazole rings is 1. The highest BCUT2D eigenvalue weighted by Crippen LogP contribution is 2.37. The standard InChI is InChI=1S/C17H24N4O3S/c1-11(2)9-21-16(24)19(4)15(23)17(21)5-7-20(8-6-17)14(22)13-12(3)18-10-25-13/h10-11H,5-9H2,1-4H3. The van der Waals surface area contributed by atoms with Crippen molar-refractivity contribution in [2.75, 3.05) is 26.7 Å². The number of carbonyl (C=O) groups is 3. The lowest BCUT2D eigenvalue weighted by Gasteiger charge is -2.42. The van der Waals surface area contributed by atoms with Crippen LogP contribution >= 0.6 is 11.3 Å². The molecule has 2 saturated heterocycles. The summed E-state index contributed by atoms with van der Waals surface area (Å²) in [7, 11) is 1.55. The Bertz CT molecular complexity index is 707. The molecule has 25 heavy (non-hydrogen) atoms. The predicted octanol–water partition coefficient (Wildman–Crippen LogP) is 1.98. The summed E-state index contributed by atoms with van der Waals surface area (Å²) in [5.74, 6) is 0.106. The van der Waals surface area contributed by atoms with E-state index in [1.165, 1.54) is 16.2 Å². The molecule has 2 aliphatic rings. The van der Waals surface area contributed by atoms with E-state index in [0.29, 0.717) is 37.4 Å². The average Bonchev–Trinajstić information content (AvgIpc) is 3.08. The smallest absolute Gasteiger partial charge is 0.327 e. The fraction of sp³-hybridized carbons (Fsp3) is 0.647. The Labute approximate surface area is 151 Å². The molecule has 0 aromatic carbocycles. The summed E-state index contributed by atoms with van der Waals surface area (Å²) in [6.45, 7) is 7.39. The summed E-state index contributed by atoms with van der Waals surface area (Å²) in [5, 5.41) is 0. The van der Waals surface area contributed by atoms with Crippen LogP contribution in [-0.2, 0) is 4.79 Å². The van der Waals surface area contributed by atoms with Gasteiger partial charge in [-0.25, -0.2) is 9.78 Å². The van der Waals surface area contributed by atoms with Gasteiger partial charge in [-0.15, -0.1) is 11.3 Å². The maximum Gasteiger partial charge on any atom is 0.327 e. The van der Waals surface area contributed by atoms with Gasteiger partial charge in [-0.3, -0.25) is 14.5 Å². The van der Waals surface area contributed by atoms with Gasteiger partial charge < -0.3 is 9.80 Å². The van der Waals surface area contributed by atoms with Crippen molar-refractivity contribution in [1.29, 1.82) is 0 Å². The lowest BCUT2D eigenvalue weighted by atomic mass is 9.85. The summed E-state index contributed by atoms with van der Waals surface area (Å²) < 4.78 is 0. The Hall–Kier alpha value is -1.96. The minimum Gasteiger partial charge on any atom is -0.338 e. The fourth-order valence-corrected chi connectivity index (χ4v) is 4.48. The molecule has 0 bridgehead atoms. The summed E-state index contributed by atoms with van der Waals surface area (Å²) in [6.07, 6.45) is 0.969. The van der Waals surface area contributed by atoms with Crippen LogP contribution in [0.15, 0.2) is 5.51 Å². The second-order valence-electron chi connectivity index (χ2n) is 7.24. The monoisotopic (exact) mass is 364 g/mol. The molecule has 0 atom stereocenters. The Kier molecular flexibility index (Phi) is 4.57. The first kappa shape index (κ1) is 17.8. The summed E-state index contributed by atoms with van der Waals surface area (Å²) in [5.41, 5.74) is 1.62. The topological polar surface area (TPSA) is 73.8 Å². The van der Waals surface area contributed by atoms with Crippen LogP contribution in [0.4, 0.5) is 4.79 Å². The molecule has 0 N–H and O–H groups in total. The molecule has 7 nitrogen and oxygen atoms in total. The second kappa shape index (κ2) is 6.40. The van der Waals surface area contributed by atoms with E-state index in [9.17, 15) is 14.4 Å². The van der Waals surface area contributed by atoms with E-state index in [1.807, 2.05) is 20.8 Å². The third kappa shape index (κ3) is 2.82. The van der Waals surface area contributed by atoms with Gasteiger partial charge >= 0.3 is 6.03 Å². The first-order valence-electron chi connectivity index (χ1n) is 8.57. The van der Waals surface area contributed by atoms with E-state index in [-0.39, 0.29) is 23.8 Å². The van der Waals surface area contributed by atoms with Crippen molar-refractivity contribution in [3.8, 4) is 0 Å². The lowest BCUT2D eigenvalue weighted by Crippen LogP contribution is -2.58. The van der Waals surface area contributed by atoms with Crippen LogP contribution in [0, 0.1) is 12.8 Å². The largest absolute Gasteiger partial charge is 0.338 e. The molecule has 0 aliphatic carbocycles. The average molecular weight is 364 g/mol. The molecule has 1 aromatic rings. The lowest BCUT2D eigenvalue weighted by molar-refractivity contribution is -0.134. The van der Waals surface area contributed by atoms with Gasteiger partial charge in [0.25, 0.3) is 11.8 Å². The first-order valence-corrected chi connectivity index (χ1v) is 9.45. The first-order chi connectivity index (χ1) is 11.8. The van der Waals surface area contributed by atoms with Crippen molar-refractivity contribution in [3.05, 3.63) is 16.1 Å². The SMILES string of the molecule is Cc1ncsc1C(=O)N1CCC2(CC1)C(=O)N(C)C(=O)N2CC(C)C. The van der Waals surface area contributed by atoms with Crippen molar-refractivity contribution in [2.24, 2.45) is 5.92 Å². The van der Waals surface area contributed by atoms with Crippen LogP contribution in [-0.4, -0.2) is 69.8 Å².